The van der Waals surface area contributed by atoms with Crippen LogP contribution in [0.5, 0.6) is 11.6 Å². The van der Waals surface area contributed by atoms with Crippen LogP contribution in [-0.2, 0) is 12.8 Å². The monoisotopic (exact) mass is 414 g/mol. The third kappa shape index (κ3) is 3.77. The number of benzene rings is 2. The van der Waals surface area contributed by atoms with Gasteiger partial charge in [-0.05, 0) is 67.8 Å². The van der Waals surface area contributed by atoms with E-state index in [1.165, 1.54) is 12.1 Å². The normalized spacial score (nSPS) is 12.4. The lowest BCUT2D eigenvalue weighted by Gasteiger charge is -2.10. The molecule has 1 aliphatic carbocycles. The second-order valence-electron chi connectivity index (χ2n) is 7.24. The van der Waals surface area contributed by atoms with Crippen molar-refractivity contribution in [2.45, 2.75) is 19.3 Å². The van der Waals surface area contributed by atoms with Crippen molar-refractivity contribution in [1.82, 2.24) is 14.8 Å². The van der Waals surface area contributed by atoms with Crippen molar-refractivity contribution in [2.75, 3.05) is 5.32 Å². The predicted octanol–water partition coefficient (Wildman–Crippen LogP) is 4.94. The summed E-state index contributed by atoms with van der Waals surface area (Å²) in [5, 5.41) is 7.45. The maximum atomic E-state index is 13.3. The first-order valence-electron chi connectivity index (χ1n) is 10.0. The largest absolute Gasteiger partial charge is 0.437 e. The number of hydrogen-bond acceptors (Lipinski definition) is 4. The Bertz CT molecular complexity index is 1240. The molecule has 0 atom stereocenters. The van der Waals surface area contributed by atoms with Gasteiger partial charge in [0.25, 0.3) is 5.91 Å². The zero-order valence-electron chi connectivity index (χ0n) is 16.6. The first-order chi connectivity index (χ1) is 15.2. The molecule has 2 aromatic carbocycles. The van der Waals surface area contributed by atoms with Crippen LogP contribution in [-0.4, -0.2) is 20.7 Å². The quantitative estimate of drug-likeness (QED) is 0.502. The van der Waals surface area contributed by atoms with E-state index in [4.69, 9.17) is 4.74 Å². The lowest BCUT2D eigenvalue weighted by Crippen LogP contribution is -2.15. The van der Waals surface area contributed by atoms with Crippen molar-refractivity contribution in [2.24, 2.45) is 0 Å². The van der Waals surface area contributed by atoms with Crippen LogP contribution in [0.1, 0.15) is 28.2 Å². The van der Waals surface area contributed by atoms with Crippen LogP contribution in [0.25, 0.3) is 5.69 Å². The topological polar surface area (TPSA) is 69.0 Å². The number of para-hydroxylation sites is 1. The predicted molar refractivity (Wildman–Crippen MR) is 114 cm³/mol. The maximum absolute atomic E-state index is 13.3. The van der Waals surface area contributed by atoms with Gasteiger partial charge in [0.15, 0.2) is 5.69 Å². The fraction of sp³-hybridized carbons (Fsp3) is 0.125. The van der Waals surface area contributed by atoms with Crippen LogP contribution in [0.3, 0.4) is 0 Å². The molecule has 0 bridgehead atoms. The van der Waals surface area contributed by atoms with E-state index in [0.717, 1.165) is 36.2 Å². The standard InChI is InChI=1S/C24H19FN4O2/c25-16-11-13-17(14-12-16)29-21-10-4-8-19(21)22(28-29)23(30)27-20-9-5-15-26-24(20)31-18-6-2-1-3-7-18/h1-3,5-7,9,11-15H,4,8,10H2,(H,27,30). The van der Waals surface area contributed by atoms with E-state index >= 15 is 0 Å². The lowest BCUT2D eigenvalue weighted by atomic mass is 10.2. The van der Waals surface area contributed by atoms with E-state index < -0.39 is 0 Å². The molecule has 6 nitrogen and oxygen atoms in total. The highest BCUT2D eigenvalue weighted by Gasteiger charge is 2.27. The van der Waals surface area contributed by atoms with Gasteiger partial charge in [0.2, 0.25) is 5.88 Å². The molecule has 1 N–H and O–H groups in total. The Morgan fingerprint density at radius 1 is 1.00 bits per heavy atom. The van der Waals surface area contributed by atoms with Crippen molar-refractivity contribution in [3.63, 3.8) is 0 Å². The summed E-state index contributed by atoms with van der Waals surface area (Å²) in [6.07, 6.45) is 4.15. The molecule has 7 heteroatoms. The molecule has 5 rings (SSSR count). The van der Waals surface area contributed by atoms with Crippen molar-refractivity contribution >= 4 is 11.6 Å². The van der Waals surface area contributed by atoms with Gasteiger partial charge in [-0.15, -0.1) is 0 Å². The lowest BCUT2D eigenvalue weighted by molar-refractivity contribution is 0.102. The van der Waals surface area contributed by atoms with Crippen molar-refractivity contribution < 1.29 is 13.9 Å². The molecule has 0 saturated carbocycles. The highest BCUT2D eigenvalue weighted by molar-refractivity contribution is 6.04. The van der Waals surface area contributed by atoms with Gasteiger partial charge in [-0.2, -0.15) is 5.10 Å². The number of ether oxygens (including phenoxy) is 1. The van der Waals surface area contributed by atoms with Crippen LogP contribution >= 0.6 is 0 Å². The molecule has 0 saturated heterocycles. The molecule has 1 amide bonds. The molecule has 0 fully saturated rings. The van der Waals surface area contributed by atoms with Gasteiger partial charge in [-0.3, -0.25) is 4.79 Å². The number of nitrogens with one attached hydrogen (secondary N) is 1. The summed E-state index contributed by atoms with van der Waals surface area (Å²) in [5.74, 6) is 0.285. The average Bonchev–Trinajstić information content (AvgIpc) is 3.39. The van der Waals surface area contributed by atoms with Crippen molar-refractivity contribution in [1.29, 1.82) is 0 Å². The third-order valence-corrected chi connectivity index (χ3v) is 5.19. The maximum Gasteiger partial charge on any atom is 0.276 e. The van der Waals surface area contributed by atoms with Crippen LogP contribution in [0.2, 0.25) is 0 Å². The molecular weight excluding hydrogens is 395 g/mol. The Morgan fingerprint density at radius 3 is 2.61 bits per heavy atom. The minimum atomic E-state index is -0.329. The number of halogens is 1. The van der Waals surface area contributed by atoms with Gasteiger partial charge >= 0.3 is 0 Å². The van der Waals surface area contributed by atoms with Gasteiger partial charge in [-0.1, -0.05) is 18.2 Å². The highest BCUT2D eigenvalue weighted by atomic mass is 19.1. The number of anilines is 1. The number of fused-ring (bicyclic) bond motifs is 1. The third-order valence-electron chi connectivity index (χ3n) is 5.19. The molecule has 2 aromatic heterocycles. The van der Waals surface area contributed by atoms with E-state index in [-0.39, 0.29) is 11.7 Å². The fourth-order valence-corrected chi connectivity index (χ4v) is 3.76. The first-order valence-corrected chi connectivity index (χ1v) is 10.0. The second kappa shape index (κ2) is 8.02. The van der Waals surface area contributed by atoms with Crippen LogP contribution in [0.15, 0.2) is 72.9 Å². The number of carbonyl (C=O) groups is 1. The summed E-state index contributed by atoms with van der Waals surface area (Å²) in [6.45, 7) is 0. The molecule has 31 heavy (non-hydrogen) atoms. The molecule has 0 unspecified atom stereocenters. The van der Waals surface area contributed by atoms with Crippen molar-refractivity contribution in [3.05, 3.63) is 95.7 Å². The zero-order chi connectivity index (χ0) is 21.2. The van der Waals surface area contributed by atoms with E-state index in [0.29, 0.717) is 23.0 Å². The number of nitrogens with zero attached hydrogens (tertiary/aromatic N) is 3. The van der Waals surface area contributed by atoms with Crippen LogP contribution < -0.4 is 10.1 Å². The Hall–Kier alpha value is -4.00. The number of rotatable bonds is 5. The summed E-state index contributed by atoms with van der Waals surface area (Å²) in [6, 6.07) is 18.8. The Balaban J connectivity index is 1.45. The summed E-state index contributed by atoms with van der Waals surface area (Å²) in [7, 11) is 0. The number of carbonyl (C=O) groups excluding carboxylic acids is 1. The minimum absolute atomic E-state index is 0.302. The smallest absolute Gasteiger partial charge is 0.276 e. The molecule has 154 valence electrons. The van der Waals surface area contributed by atoms with Gasteiger partial charge in [0.05, 0.1) is 5.69 Å². The van der Waals surface area contributed by atoms with Gasteiger partial charge < -0.3 is 10.1 Å². The number of amides is 1. The van der Waals surface area contributed by atoms with Crippen LogP contribution in [0, 0.1) is 5.82 Å². The summed E-state index contributed by atoms with van der Waals surface area (Å²) in [5.41, 5.74) is 3.47. The Morgan fingerprint density at radius 2 is 1.81 bits per heavy atom. The number of hydrogen-bond donors (Lipinski definition) is 1. The summed E-state index contributed by atoms with van der Waals surface area (Å²) >= 11 is 0. The fourth-order valence-electron chi connectivity index (χ4n) is 3.76. The summed E-state index contributed by atoms with van der Waals surface area (Å²) < 4.78 is 20.9. The summed E-state index contributed by atoms with van der Waals surface area (Å²) in [4.78, 5) is 17.4. The van der Waals surface area contributed by atoms with Crippen molar-refractivity contribution in [3.8, 4) is 17.3 Å². The van der Waals surface area contributed by atoms with Crippen LogP contribution in [0.4, 0.5) is 10.1 Å². The molecule has 1 aliphatic rings. The Kier molecular flexibility index (Phi) is 4.92. The average molecular weight is 414 g/mol. The van der Waals surface area contributed by atoms with E-state index in [9.17, 15) is 9.18 Å². The van der Waals surface area contributed by atoms with E-state index in [1.807, 2.05) is 30.3 Å². The van der Waals surface area contributed by atoms with Gasteiger partial charge in [0.1, 0.15) is 17.3 Å². The SMILES string of the molecule is O=C(Nc1cccnc1Oc1ccccc1)c1nn(-c2ccc(F)cc2)c2c1CCC2. The van der Waals surface area contributed by atoms with Gasteiger partial charge in [-0.25, -0.2) is 14.1 Å². The van der Waals surface area contributed by atoms with E-state index in [2.05, 4.69) is 15.4 Å². The molecule has 0 radical (unpaired) electrons. The molecular formula is C24H19FN4O2. The highest BCUT2D eigenvalue weighted by Crippen LogP contribution is 2.30. The molecule has 2 heterocycles. The zero-order valence-corrected chi connectivity index (χ0v) is 16.6. The van der Waals surface area contributed by atoms with Gasteiger partial charge in [0, 0.05) is 17.5 Å². The first kappa shape index (κ1) is 19.0. The van der Waals surface area contributed by atoms with E-state index in [1.54, 1.807) is 35.1 Å². The molecule has 0 aliphatic heterocycles. The number of aromatic nitrogens is 3. The molecule has 0 spiro atoms. The number of pyridine rings is 1. The minimum Gasteiger partial charge on any atom is -0.437 e. The second-order valence-corrected chi connectivity index (χ2v) is 7.24. The molecule has 4 aromatic rings. The Labute approximate surface area is 178 Å².